The highest BCUT2D eigenvalue weighted by molar-refractivity contribution is 5.69. The minimum absolute atomic E-state index is 0.108. The third-order valence-corrected chi connectivity index (χ3v) is 5.44. The van der Waals surface area contributed by atoms with Crippen LogP contribution in [0, 0.1) is 11.8 Å². The van der Waals surface area contributed by atoms with Crippen molar-refractivity contribution in [2.24, 2.45) is 11.8 Å². The minimum Gasteiger partial charge on any atom is -0.469 e. The first-order chi connectivity index (χ1) is 12.8. The summed E-state index contributed by atoms with van der Waals surface area (Å²) in [6.45, 7) is 0.611. The molecule has 0 bridgehead atoms. The Morgan fingerprint density at radius 1 is 1.00 bits per heavy atom. The van der Waals surface area contributed by atoms with Crippen LogP contribution in [0.5, 0.6) is 0 Å². The van der Waals surface area contributed by atoms with E-state index >= 15 is 0 Å². The van der Waals surface area contributed by atoms with Crippen LogP contribution in [-0.4, -0.2) is 19.2 Å². The first-order valence-electron chi connectivity index (χ1n) is 9.52. The second kappa shape index (κ2) is 9.54. The van der Waals surface area contributed by atoms with E-state index in [0.717, 1.165) is 25.7 Å². The van der Waals surface area contributed by atoms with Gasteiger partial charge in [-0.25, -0.2) is 0 Å². The van der Waals surface area contributed by atoms with Crippen LogP contribution in [0.25, 0.3) is 0 Å². The highest BCUT2D eigenvalue weighted by Gasteiger charge is 2.35. The van der Waals surface area contributed by atoms with Crippen molar-refractivity contribution < 1.29 is 14.3 Å². The van der Waals surface area contributed by atoms with Gasteiger partial charge in [0.05, 0.1) is 19.8 Å². The molecule has 0 N–H and O–H groups in total. The average molecular weight is 352 g/mol. The average Bonchev–Trinajstić information content (AvgIpc) is 3.14. The number of benzene rings is 2. The third-order valence-electron chi connectivity index (χ3n) is 5.44. The number of methoxy groups -OCH3 is 1. The molecule has 0 unspecified atom stereocenters. The van der Waals surface area contributed by atoms with Gasteiger partial charge in [0.2, 0.25) is 0 Å². The molecule has 1 saturated carbocycles. The van der Waals surface area contributed by atoms with Gasteiger partial charge in [-0.15, -0.1) is 0 Å². The Morgan fingerprint density at radius 2 is 1.65 bits per heavy atom. The van der Waals surface area contributed by atoms with E-state index in [0.29, 0.717) is 24.9 Å². The van der Waals surface area contributed by atoms with Crippen LogP contribution in [0.3, 0.4) is 0 Å². The van der Waals surface area contributed by atoms with Crippen molar-refractivity contribution in [3.05, 3.63) is 71.8 Å². The Balaban J connectivity index is 1.71. The molecule has 3 nitrogen and oxygen atoms in total. The lowest BCUT2D eigenvalue weighted by Crippen LogP contribution is -2.30. The zero-order valence-electron chi connectivity index (χ0n) is 15.5. The second-order valence-electron chi connectivity index (χ2n) is 7.16. The summed E-state index contributed by atoms with van der Waals surface area (Å²) in [7, 11) is 1.47. The number of hydrogen-bond acceptors (Lipinski definition) is 3. The van der Waals surface area contributed by atoms with Crippen molar-refractivity contribution in [2.45, 2.75) is 44.8 Å². The zero-order valence-corrected chi connectivity index (χ0v) is 15.5. The maximum absolute atomic E-state index is 11.8. The Kier molecular flexibility index (Phi) is 6.84. The van der Waals surface area contributed by atoms with Crippen molar-refractivity contribution in [1.82, 2.24) is 0 Å². The van der Waals surface area contributed by atoms with Crippen LogP contribution in [0.15, 0.2) is 60.7 Å². The van der Waals surface area contributed by atoms with E-state index in [-0.39, 0.29) is 12.1 Å². The monoisotopic (exact) mass is 352 g/mol. The fourth-order valence-electron chi connectivity index (χ4n) is 4.06. The number of rotatable bonds is 8. The Hall–Kier alpha value is -2.13. The number of esters is 1. The fraction of sp³-hybridized carbons (Fsp3) is 0.435. The predicted molar refractivity (Wildman–Crippen MR) is 103 cm³/mol. The van der Waals surface area contributed by atoms with Gasteiger partial charge in [-0.1, -0.05) is 67.1 Å². The van der Waals surface area contributed by atoms with E-state index < -0.39 is 0 Å². The molecular formula is C23H28O3. The lowest BCUT2D eigenvalue weighted by atomic mass is 9.85. The quantitative estimate of drug-likeness (QED) is 0.641. The van der Waals surface area contributed by atoms with Gasteiger partial charge in [0.1, 0.15) is 0 Å². The molecule has 0 amide bonds. The standard InChI is InChI=1S/C23H28O3/c1-25-23(24)16-20-13-8-14-21(20)22(15-18-9-4-2-5-10-18)26-17-19-11-6-3-7-12-19/h2-7,9-12,20-22H,8,13-17H2,1H3/t20-,21-,22-/m1/s1. The van der Waals surface area contributed by atoms with Gasteiger partial charge in [0.25, 0.3) is 0 Å². The molecular weight excluding hydrogens is 324 g/mol. The van der Waals surface area contributed by atoms with Crippen LogP contribution in [0.4, 0.5) is 0 Å². The summed E-state index contributed by atoms with van der Waals surface area (Å²) in [5.74, 6) is 0.647. The van der Waals surface area contributed by atoms with E-state index in [1.165, 1.54) is 18.2 Å². The number of hydrogen-bond donors (Lipinski definition) is 0. The molecule has 1 aliphatic carbocycles. The molecule has 0 aromatic heterocycles. The van der Waals surface area contributed by atoms with Crippen LogP contribution in [-0.2, 0) is 27.3 Å². The number of carbonyl (C=O) groups excluding carboxylic acids is 1. The molecule has 3 atom stereocenters. The van der Waals surface area contributed by atoms with E-state index in [2.05, 4.69) is 36.4 Å². The number of ether oxygens (including phenoxy) is 2. The minimum atomic E-state index is -0.108. The molecule has 1 aliphatic rings. The van der Waals surface area contributed by atoms with Gasteiger partial charge in [0, 0.05) is 6.42 Å². The van der Waals surface area contributed by atoms with Crippen LogP contribution in [0.2, 0.25) is 0 Å². The Bertz CT molecular complexity index is 668. The first-order valence-corrected chi connectivity index (χ1v) is 9.52. The normalized spacial score (nSPS) is 20.7. The predicted octanol–water partition coefficient (Wildman–Crippen LogP) is 4.79. The summed E-state index contributed by atoms with van der Waals surface area (Å²) in [5.41, 5.74) is 2.47. The van der Waals surface area contributed by atoms with Gasteiger partial charge in [-0.05, 0) is 42.2 Å². The molecule has 0 heterocycles. The molecule has 2 aromatic rings. The van der Waals surface area contributed by atoms with Crippen LogP contribution in [0.1, 0.15) is 36.8 Å². The topological polar surface area (TPSA) is 35.5 Å². The first kappa shape index (κ1) is 18.7. The van der Waals surface area contributed by atoms with Crippen molar-refractivity contribution in [1.29, 1.82) is 0 Å². The van der Waals surface area contributed by atoms with Crippen molar-refractivity contribution in [2.75, 3.05) is 7.11 Å². The van der Waals surface area contributed by atoms with Gasteiger partial charge in [-0.2, -0.15) is 0 Å². The summed E-state index contributed by atoms with van der Waals surface area (Å²) in [6, 6.07) is 20.8. The van der Waals surface area contributed by atoms with E-state index in [1.807, 2.05) is 24.3 Å². The lowest BCUT2D eigenvalue weighted by Gasteiger charge is -2.29. The van der Waals surface area contributed by atoms with E-state index in [1.54, 1.807) is 0 Å². The molecule has 26 heavy (non-hydrogen) atoms. The summed E-state index contributed by atoms with van der Waals surface area (Å²) in [5, 5.41) is 0. The highest BCUT2D eigenvalue weighted by atomic mass is 16.5. The summed E-state index contributed by atoms with van der Waals surface area (Å²) in [4.78, 5) is 11.8. The van der Waals surface area contributed by atoms with E-state index in [4.69, 9.17) is 9.47 Å². The van der Waals surface area contributed by atoms with Gasteiger partial charge in [-0.3, -0.25) is 4.79 Å². The summed E-state index contributed by atoms with van der Waals surface area (Å²) in [6.07, 6.45) is 4.87. The molecule has 1 fully saturated rings. The lowest BCUT2D eigenvalue weighted by molar-refractivity contribution is -0.142. The SMILES string of the molecule is COC(=O)C[C@H]1CCC[C@H]1[C@@H](Cc1ccccc1)OCc1ccccc1. The molecule has 138 valence electrons. The third kappa shape index (κ3) is 5.18. The highest BCUT2D eigenvalue weighted by Crippen LogP contribution is 2.39. The second-order valence-corrected chi connectivity index (χ2v) is 7.16. The van der Waals surface area contributed by atoms with Crippen LogP contribution >= 0.6 is 0 Å². The maximum atomic E-state index is 11.8. The molecule has 3 rings (SSSR count). The van der Waals surface area contributed by atoms with Crippen molar-refractivity contribution in [3.63, 3.8) is 0 Å². The smallest absolute Gasteiger partial charge is 0.305 e. The molecule has 0 aliphatic heterocycles. The maximum Gasteiger partial charge on any atom is 0.305 e. The van der Waals surface area contributed by atoms with Crippen molar-refractivity contribution in [3.8, 4) is 0 Å². The van der Waals surface area contributed by atoms with Crippen molar-refractivity contribution >= 4 is 5.97 Å². The largest absolute Gasteiger partial charge is 0.469 e. The molecule has 0 spiro atoms. The molecule has 3 heteroatoms. The zero-order chi connectivity index (χ0) is 18.2. The summed E-state index contributed by atoms with van der Waals surface area (Å²) < 4.78 is 11.3. The molecule has 2 aromatic carbocycles. The Labute approximate surface area is 156 Å². The molecule has 0 radical (unpaired) electrons. The Morgan fingerprint density at radius 3 is 2.31 bits per heavy atom. The number of carbonyl (C=O) groups is 1. The van der Waals surface area contributed by atoms with Gasteiger partial charge in [0.15, 0.2) is 0 Å². The van der Waals surface area contributed by atoms with Crippen LogP contribution < -0.4 is 0 Å². The fourth-order valence-corrected chi connectivity index (χ4v) is 4.06. The molecule has 0 saturated heterocycles. The van der Waals surface area contributed by atoms with Gasteiger partial charge >= 0.3 is 5.97 Å². The van der Waals surface area contributed by atoms with Gasteiger partial charge < -0.3 is 9.47 Å². The summed E-state index contributed by atoms with van der Waals surface area (Å²) >= 11 is 0. The van der Waals surface area contributed by atoms with E-state index in [9.17, 15) is 4.79 Å².